The molecule has 1 unspecified atom stereocenters. The van der Waals surface area contributed by atoms with E-state index in [-0.39, 0.29) is 18.2 Å². The van der Waals surface area contributed by atoms with Crippen LogP contribution >= 0.6 is 11.6 Å². The lowest BCUT2D eigenvalue weighted by Crippen LogP contribution is -2.16. The molecule has 0 bridgehead atoms. The largest absolute Gasteiger partial charge is 0.388 e. The van der Waals surface area contributed by atoms with Gasteiger partial charge >= 0.3 is 0 Å². The first-order valence-corrected chi connectivity index (χ1v) is 7.43. The third kappa shape index (κ3) is 5.09. The van der Waals surface area contributed by atoms with Crippen molar-refractivity contribution in [3.63, 3.8) is 0 Å². The molecule has 0 aromatic heterocycles. The molecule has 0 aliphatic carbocycles. The number of aliphatic hydroxyl groups excluding tert-OH is 1. The molecule has 0 fully saturated rings. The predicted octanol–water partition coefficient (Wildman–Crippen LogP) is 3.36. The monoisotopic (exact) mass is 332 g/mol. The molecule has 2 aromatic rings. The summed E-state index contributed by atoms with van der Waals surface area (Å²) < 4.78 is 0. The van der Waals surface area contributed by atoms with Crippen LogP contribution in [0.25, 0.3) is 0 Å². The van der Waals surface area contributed by atoms with Crippen LogP contribution in [-0.4, -0.2) is 16.9 Å². The van der Waals surface area contributed by atoms with Gasteiger partial charge in [-0.2, -0.15) is 0 Å². The molecule has 0 saturated heterocycles. The average molecular weight is 333 g/mol. The summed E-state index contributed by atoms with van der Waals surface area (Å²) in [5, 5.41) is 15.7. The van der Waals surface area contributed by atoms with Crippen molar-refractivity contribution < 1.29 is 14.7 Å². The summed E-state index contributed by atoms with van der Waals surface area (Å²) in [6.45, 7) is 1.39. The maximum absolute atomic E-state index is 12.1. The molecule has 0 saturated carbocycles. The van der Waals surface area contributed by atoms with Gasteiger partial charge in [0.05, 0.1) is 23.2 Å². The average Bonchev–Trinajstić information content (AvgIpc) is 2.51. The molecular formula is C17H17ClN2O3. The van der Waals surface area contributed by atoms with Crippen molar-refractivity contribution in [2.75, 3.05) is 10.6 Å². The lowest BCUT2D eigenvalue weighted by Gasteiger charge is -2.13. The minimum absolute atomic E-state index is 0.0926. The third-order valence-electron chi connectivity index (χ3n) is 3.12. The molecule has 0 aliphatic rings. The summed E-state index contributed by atoms with van der Waals surface area (Å²) in [5.41, 5.74) is 1.57. The number of carbonyl (C=O) groups is 2. The van der Waals surface area contributed by atoms with Crippen LogP contribution < -0.4 is 10.6 Å². The Morgan fingerprint density at radius 1 is 1.13 bits per heavy atom. The van der Waals surface area contributed by atoms with E-state index in [1.165, 1.54) is 6.92 Å². The Bertz CT molecular complexity index is 704. The van der Waals surface area contributed by atoms with Gasteiger partial charge in [0.15, 0.2) is 0 Å². The van der Waals surface area contributed by atoms with Gasteiger partial charge in [0.2, 0.25) is 11.8 Å². The Labute approximate surface area is 139 Å². The van der Waals surface area contributed by atoms with E-state index in [0.29, 0.717) is 22.0 Å². The number of nitrogens with one attached hydrogen (secondary N) is 2. The number of anilines is 2. The molecule has 0 heterocycles. The summed E-state index contributed by atoms with van der Waals surface area (Å²) in [4.78, 5) is 23.1. The molecular weight excluding hydrogens is 316 g/mol. The highest BCUT2D eigenvalue weighted by Gasteiger charge is 2.14. The van der Waals surface area contributed by atoms with Crippen molar-refractivity contribution in [2.45, 2.75) is 19.4 Å². The van der Waals surface area contributed by atoms with Gasteiger partial charge < -0.3 is 15.7 Å². The normalized spacial score (nSPS) is 11.6. The van der Waals surface area contributed by atoms with Crippen molar-refractivity contribution in [1.82, 2.24) is 0 Å². The van der Waals surface area contributed by atoms with E-state index in [9.17, 15) is 14.7 Å². The van der Waals surface area contributed by atoms with Gasteiger partial charge in [-0.15, -0.1) is 0 Å². The fourth-order valence-electron chi connectivity index (χ4n) is 2.07. The van der Waals surface area contributed by atoms with Crippen LogP contribution in [0.5, 0.6) is 0 Å². The summed E-state index contributed by atoms with van der Waals surface area (Å²) in [7, 11) is 0. The lowest BCUT2D eigenvalue weighted by molar-refractivity contribution is -0.118. The molecule has 23 heavy (non-hydrogen) atoms. The molecule has 0 aliphatic heterocycles. The fraction of sp³-hybridized carbons (Fsp3) is 0.176. The van der Waals surface area contributed by atoms with Crippen molar-refractivity contribution in [1.29, 1.82) is 0 Å². The van der Waals surface area contributed by atoms with Gasteiger partial charge in [-0.25, -0.2) is 0 Å². The van der Waals surface area contributed by atoms with Gasteiger partial charge in [-0.3, -0.25) is 9.59 Å². The van der Waals surface area contributed by atoms with Crippen LogP contribution in [0.3, 0.4) is 0 Å². The van der Waals surface area contributed by atoms with E-state index < -0.39 is 6.10 Å². The summed E-state index contributed by atoms with van der Waals surface area (Å²) in [5.74, 6) is -0.590. The van der Waals surface area contributed by atoms with Crippen LogP contribution in [0, 0.1) is 0 Å². The minimum atomic E-state index is -0.895. The number of aliphatic hydroxyl groups is 1. The molecule has 0 spiro atoms. The predicted molar refractivity (Wildman–Crippen MR) is 90.4 cm³/mol. The number of carbonyl (C=O) groups excluding carboxylic acids is 2. The maximum Gasteiger partial charge on any atom is 0.227 e. The standard InChI is InChI=1S/C17H17ClN2O3/c1-11(21)19-13-7-8-14(18)15(9-13)20-17(23)10-16(22)12-5-3-2-4-6-12/h2-9,16,22H,10H2,1H3,(H,19,21)(H,20,23). The highest BCUT2D eigenvalue weighted by Crippen LogP contribution is 2.26. The minimum Gasteiger partial charge on any atom is -0.388 e. The lowest BCUT2D eigenvalue weighted by atomic mass is 10.1. The second-order valence-electron chi connectivity index (χ2n) is 5.05. The first kappa shape index (κ1) is 17.0. The first-order valence-electron chi connectivity index (χ1n) is 7.05. The summed E-state index contributed by atoms with van der Waals surface area (Å²) in [6.07, 6.45) is -0.987. The first-order chi connectivity index (χ1) is 11.0. The zero-order chi connectivity index (χ0) is 16.8. The zero-order valence-corrected chi connectivity index (χ0v) is 13.3. The number of benzene rings is 2. The van der Waals surface area contributed by atoms with Gasteiger partial charge in [0, 0.05) is 12.6 Å². The van der Waals surface area contributed by atoms with Crippen molar-refractivity contribution >= 4 is 34.8 Å². The molecule has 2 rings (SSSR count). The zero-order valence-electron chi connectivity index (χ0n) is 12.5. The van der Waals surface area contributed by atoms with Crippen LogP contribution in [0.1, 0.15) is 25.0 Å². The Morgan fingerprint density at radius 2 is 1.83 bits per heavy atom. The number of hydrogen-bond acceptors (Lipinski definition) is 3. The smallest absolute Gasteiger partial charge is 0.227 e. The van der Waals surface area contributed by atoms with Crippen molar-refractivity contribution in [2.24, 2.45) is 0 Å². The SMILES string of the molecule is CC(=O)Nc1ccc(Cl)c(NC(=O)CC(O)c2ccccc2)c1. The van der Waals surface area contributed by atoms with Crippen LogP contribution in [0.2, 0.25) is 5.02 Å². The molecule has 0 radical (unpaired) electrons. The molecule has 5 nitrogen and oxygen atoms in total. The number of amides is 2. The molecule has 1 atom stereocenters. The number of rotatable bonds is 5. The second-order valence-corrected chi connectivity index (χ2v) is 5.46. The van der Waals surface area contributed by atoms with Crippen LogP contribution in [0.4, 0.5) is 11.4 Å². The Hall–Kier alpha value is -2.37. The number of hydrogen-bond donors (Lipinski definition) is 3. The quantitative estimate of drug-likeness (QED) is 0.785. The topological polar surface area (TPSA) is 78.4 Å². The number of halogens is 1. The molecule has 2 amide bonds. The summed E-state index contributed by atoms with van der Waals surface area (Å²) in [6, 6.07) is 13.7. The van der Waals surface area contributed by atoms with Gasteiger partial charge in [0.1, 0.15) is 0 Å². The van der Waals surface area contributed by atoms with Crippen LogP contribution in [-0.2, 0) is 9.59 Å². The van der Waals surface area contributed by atoms with Gasteiger partial charge in [-0.1, -0.05) is 41.9 Å². The maximum atomic E-state index is 12.1. The van der Waals surface area contributed by atoms with Gasteiger partial charge in [0.25, 0.3) is 0 Å². The van der Waals surface area contributed by atoms with E-state index in [1.807, 2.05) is 6.07 Å². The summed E-state index contributed by atoms with van der Waals surface area (Å²) >= 11 is 6.04. The van der Waals surface area contributed by atoms with Crippen LogP contribution in [0.15, 0.2) is 48.5 Å². The van der Waals surface area contributed by atoms with E-state index in [0.717, 1.165) is 0 Å². The Balaban J connectivity index is 2.03. The second kappa shape index (κ2) is 7.76. The van der Waals surface area contributed by atoms with E-state index in [2.05, 4.69) is 10.6 Å². The van der Waals surface area contributed by atoms with E-state index >= 15 is 0 Å². The molecule has 120 valence electrons. The van der Waals surface area contributed by atoms with Gasteiger partial charge in [-0.05, 0) is 23.8 Å². The fourth-order valence-corrected chi connectivity index (χ4v) is 2.24. The Morgan fingerprint density at radius 3 is 2.48 bits per heavy atom. The van der Waals surface area contributed by atoms with Crippen molar-refractivity contribution in [3.8, 4) is 0 Å². The van der Waals surface area contributed by atoms with E-state index in [1.54, 1.807) is 42.5 Å². The molecule has 6 heteroatoms. The van der Waals surface area contributed by atoms with Crippen molar-refractivity contribution in [3.05, 3.63) is 59.1 Å². The molecule has 3 N–H and O–H groups in total. The third-order valence-corrected chi connectivity index (χ3v) is 3.45. The molecule has 2 aromatic carbocycles. The van der Waals surface area contributed by atoms with E-state index in [4.69, 9.17) is 11.6 Å². The Kier molecular flexibility index (Phi) is 5.73. The highest BCUT2D eigenvalue weighted by atomic mass is 35.5. The highest BCUT2D eigenvalue weighted by molar-refractivity contribution is 6.33.